The molecular weight excluding hydrogens is 339 g/mol. The highest BCUT2D eigenvalue weighted by molar-refractivity contribution is 7.20. The lowest BCUT2D eigenvalue weighted by molar-refractivity contribution is -0.114. The number of anilines is 2. The molecule has 0 radical (unpaired) electrons. The lowest BCUT2D eigenvalue weighted by Crippen LogP contribution is -2.05. The van der Waals surface area contributed by atoms with Crippen LogP contribution in [0.4, 0.5) is 14.5 Å². The van der Waals surface area contributed by atoms with E-state index in [0.717, 1.165) is 5.56 Å². The van der Waals surface area contributed by atoms with Crippen molar-refractivity contribution in [3.8, 4) is 11.3 Å². The minimum atomic E-state index is -0.328. The van der Waals surface area contributed by atoms with Crippen LogP contribution in [0.1, 0.15) is 12.5 Å². The summed E-state index contributed by atoms with van der Waals surface area (Å²) in [5, 5.41) is 8.00. The summed E-state index contributed by atoms with van der Waals surface area (Å²) in [6, 6.07) is 15.6. The summed E-state index contributed by atoms with van der Waals surface area (Å²) in [7, 11) is 0. The fourth-order valence-corrected chi connectivity index (χ4v) is 3.00. The first-order valence-electron chi connectivity index (χ1n) is 7.50. The van der Waals surface area contributed by atoms with E-state index in [4.69, 9.17) is 0 Å². The quantitative estimate of drug-likeness (QED) is 0.529. The van der Waals surface area contributed by atoms with Crippen LogP contribution in [0.25, 0.3) is 11.3 Å². The number of hydrogen-bond acceptors (Lipinski definition) is 5. The maximum Gasteiger partial charge on any atom is 0.221 e. The van der Waals surface area contributed by atoms with E-state index in [1.807, 2.05) is 30.3 Å². The first-order valence-corrected chi connectivity index (χ1v) is 8.32. The zero-order chi connectivity index (χ0) is 17.6. The van der Waals surface area contributed by atoms with Crippen molar-refractivity contribution in [2.75, 3.05) is 10.7 Å². The van der Waals surface area contributed by atoms with E-state index in [-0.39, 0.29) is 11.7 Å². The van der Waals surface area contributed by atoms with Gasteiger partial charge < -0.3 is 5.32 Å². The van der Waals surface area contributed by atoms with Crippen LogP contribution in [0.3, 0.4) is 0 Å². The Labute approximate surface area is 148 Å². The van der Waals surface area contributed by atoms with Crippen LogP contribution in [0.15, 0.2) is 59.7 Å². The predicted molar refractivity (Wildman–Crippen MR) is 99.5 cm³/mol. The number of hydrogen-bond donors (Lipinski definition) is 2. The second kappa shape index (κ2) is 7.67. The van der Waals surface area contributed by atoms with Crippen LogP contribution >= 0.6 is 11.3 Å². The van der Waals surface area contributed by atoms with Crippen molar-refractivity contribution in [3.05, 3.63) is 66.0 Å². The molecule has 3 aromatic rings. The van der Waals surface area contributed by atoms with Gasteiger partial charge in [-0.2, -0.15) is 5.10 Å². The molecule has 3 rings (SSSR count). The molecule has 0 fully saturated rings. The zero-order valence-corrected chi connectivity index (χ0v) is 14.2. The molecule has 0 aliphatic rings. The third kappa shape index (κ3) is 4.48. The summed E-state index contributed by atoms with van der Waals surface area (Å²) in [6.45, 7) is 1.43. The molecule has 0 spiro atoms. The van der Waals surface area contributed by atoms with Gasteiger partial charge in [-0.3, -0.25) is 10.2 Å². The van der Waals surface area contributed by atoms with Gasteiger partial charge in [0.1, 0.15) is 16.5 Å². The number of halogens is 1. The van der Waals surface area contributed by atoms with Gasteiger partial charge in [-0.15, -0.1) is 0 Å². The number of hydrazone groups is 1. The summed E-state index contributed by atoms with van der Waals surface area (Å²) >= 11 is 1.26. The summed E-state index contributed by atoms with van der Waals surface area (Å²) in [4.78, 5) is 15.9. The summed E-state index contributed by atoms with van der Waals surface area (Å²) in [5.74, 6) is -0.530. The first-order chi connectivity index (χ1) is 12.1. The van der Waals surface area contributed by atoms with Gasteiger partial charge in [0.05, 0.1) is 6.21 Å². The minimum absolute atomic E-state index is 0.202. The largest absolute Gasteiger partial charge is 0.316 e. The number of nitrogens with zero attached hydrogens (tertiary/aromatic N) is 2. The highest BCUT2D eigenvalue weighted by atomic mass is 32.1. The molecule has 0 atom stereocenters. The molecule has 1 amide bonds. The first kappa shape index (κ1) is 16.8. The van der Waals surface area contributed by atoms with Gasteiger partial charge in [0.25, 0.3) is 0 Å². The highest BCUT2D eigenvalue weighted by Gasteiger charge is 2.14. The minimum Gasteiger partial charge on any atom is -0.316 e. The summed E-state index contributed by atoms with van der Waals surface area (Å²) < 4.78 is 13.1. The average molecular weight is 354 g/mol. The summed E-state index contributed by atoms with van der Waals surface area (Å²) in [5.41, 5.74) is 5.09. The van der Waals surface area contributed by atoms with E-state index in [1.54, 1.807) is 18.3 Å². The smallest absolute Gasteiger partial charge is 0.221 e. The topological polar surface area (TPSA) is 66.4 Å². The number of amides is 1. The van der Waals surface area contributed by atoms with Crippen LogP contribution in [-0.4, -0.2) is 17.1 Å². The standard InChI is InChI=1S/C18H15FN4OS/c1-12(24)21-17-16(14-7-9-15(19)10-8-14)22-18(25-17)23-20-11-13-5-3-2-4-6-13/h2-11H,1H3,(H,21,24)(H,22,23)/b20-11+. The van der Waals surface area contributed by atoms with Gasteiger partial charge in [0, 0.05) is 12.5 Å². The molecule has 2 N–H and O–H groups in total. The zero-order valence-electron chi connectivity index (χ0n) is 13.4. The molecule has 0 bridgehead atoms. The molecule has 5 nitrogen and oxygen atoms in total. The van der Waals surface area contributed by atoms with Gasteiger partial charge in [-0.05, 0) is 29.8 Å². The number of carbonyl (C=O) groups is 1. The average Bonchev–Trinajstić information content (AvgIpc) is 2.98. The normalized spacial score (nSPS) is 10.8. The van der Waals surface area contributed by atoms with E-state index in [9.17, 15) is 9.18 Å². The van der Waals surface area contributed by atoms with Crippen molar-refractivity contribution in [2.24, 2.45) is 5.10 Å². The SMILES string of the molecule is CC(=O)Nc1sc(N/N=C/c2ccccc2)nc1-c1ccc(F)cc1. The number of carbonyl (C=O) groups excluding carboxylic acids is 1. The number of nitrogens with one attached hydrogen (secondary N) is 2. The number of thiazole rings is 1. The Hall–Kier alpha value is -3.06. The van der Waals surface area contributed by atoms with Crippen molar-refractivity contribution in [3.63, 3.8) is 0 Å². The molecular formula is C18H15FN4OS. The van der Waals surface area contributed by atoms with Crippen LogP contribution < -0.4 is 10.7 Å². The fraction of sp³-hybridized carbons (Fsp3) is 0.0556. The van der Waals surface area contributed by atoms with Crippen LogP contribution in [0.2, 0.25) is 0 Å². The van der Waals surface area contributed by atoms with Gasteiger partial charge in [-0.25, -0.2) is 9.37 Å². The van der Waals surface area contributed by atoms with Crippen LogP contribution in [-0.2, 0) is 4.79 Å². The van der Waals surface area contributed by atoms with Crippen molar-refractivity contribution in [2.45, 2.75) is 6.92 Å². The lowest BCUT2D eigenvalue weighted by atomic mass is 10.1. The molecule has 25 heavy (non-hydrogen) atoms. The van der Waals surface area contributed by atoms with E-state index >= 15 is 0 Å². The Balaban J connectivity index is 1.84. The van der Waals surface area contributed by atoms with Gasteiger partial charge in [0.2, 0.25) is 11.0 Å². The molecule has 126 valence electrons. The molecule has 0 aliphatic carbocycles. The Morgan fingerprint density at radius 1 is 1.16 bits per heavy atom. The van der Waals surface area contributed by atoms with Gasteiger partial charge in [-0.1, -0.05) is 41.7 Å². The Kier molecular flexibility index (Phi) is 5.15. The van der Waals surface area contributed by atoms with Crippen molar-refractivity contribution >= 4 is 33.6 Å². The Morgan fingerprint density at radius 2 is 1.88 bits per heavy atom. The van der Waals surface area contributed by atoms with E-state index in [2.05, 4.69) is 20.8 Å². The summed E-state index contributed by atoms with van der Waals surface area (Å²) in [6.07, 6.45) is 1.68. The Bertz CT molecular complexity index is 891. The third-order valence-corrected chi connectivity index (χ3v) is 4.08. The molecule has 0 saturated carbocycles. The van der Waals surface area contributed by atoms with Crippen molar-refractivity contribution < 1.29 is 9.18 Å². The Morgan fingerprint density at radius 3 is 2.56 bits per heavy atom. The highest BCUT2D eigenvalue weighted by Crippen LogP contribution is 2.35. The number of rotatable bonds is 5. The molecule has 7 heteroatoms. The van der Waals surface area contributed by atoms with Gasteiger partial charge >= 0.3 is 0 Å². The second-order valence-corrected chi connectivity index (χ2v) is 6.16. The molecule has 0 aliphatic heterocycles. The van der Waals surface area contributed by atoms with E-state index in [1.165, 1.54) is 30.4 Å². The number of aromatic nitrogens is 1. The lowest BCUT2D eigenvalue weighted by Gasteiger charge is -2.02. The molecule has 1 aromatic heterocycles. The van der Waals surface area contributed by atoms with E-state index in [0.29, 0.717) is 21.4 Å². The molecule has 2 aromatic carbocycles. The molecule has 1 heterocycles. The van der Waals surface area contributed by atoms with Gasteiger partial charge in [0.15, 0.2) is 0 Å². The maximum atomic E-state index is 13.1. The van der Waals surface area contributed by atoms with Crippen LogP contribution in [0, 0.1) is 5.82 Å². The fourth-order valence-electron chi connectivity index (χ4n) is 2.12. The molecule has 0 saturated heterocycles. The number of benzene rings is 2. The predicted octanol–water partition coefficient (Wildman–Crippen LogP) is 4.35. The molecule has 0 unspecified atom stereocenters. The van der Waals surface area contributed by atoms with E-state index < -0.39 is 0 Å². The second-order valence-electron chi connectivity index (χ2n) is 5.17. The third-order valence-electron chi connectivity index (χ3n) is 3.21. The van der Waals surface area contributed by atoms with Crippen molar-refractivity contribution in [1.82, 2.24) is 4.98 Å². The maximum absolute atomic E-state index is 13.1. The monoisotopic (exact) mass is 354 g/mol. The van der Waals surface area contributed by atoms with Crippen molar-refractivity contribution in [1.29, 1.82) is 0 Å². The van der Waals surface area contributed by atoms with Crippen LogP contribution in [0.5, 0.6) is 0 Å².